The molecule has 2 aromatic rings. The monoisotopic (exact) mass is 288 g/mol. The summed E-state index contributed by atoms with van der Waals surface area (Å²) < 4.78 is 29.2. The summed E-state index contributed by atoms with van der Waals surface area (Å²) in [7, 11) is 0. The molecule has 0 aliphatic rings. The zero-order valence-electron chi connectivity index (χ0n) is 11.2. The first-order valence-electron chi connectivity index (χ1n) is 6.41. The zero-order valence-corrected chi connectivity index (χ0v) is 11.2. The molecule has 0 heterocycles. The molecule has 0 saturated heterocycles. The van der Waals surface area contributed by atoms with Gasteiger partial charge in [-0.2, -0.15) is 5.26 Å². The van der Waals surface area contributed by atoms with E-state index in [-0.39, 0.29) is 0 Å². The van der Waals surface area contributed by atoms with Crippen molar-refractivity contribution < 1.29 is 13.5 Å². The van der Waals surface area contributed by atoms with Crippen molar-refractivity contribution in [2.45, 2.75) is 13.0 Å². The van der Waals surface area contributed by atoms with Gasteiger partial charge in [-0.05, 0) is 42.0 Å². The van der Waals surface area contributed by atoms with Crippen LogP contribution in [0.2, 0.25) is 0 Å². The molecular formula is C16H14F2N2O. The highest BCUT2D eigenvalue weighted by Crippen LogP contribution is 2.16. The van der Waals surface area contributed by atoms with Crippen molar-refractivity contribution in [2.24, 2.45) is 0 Å². The van der Waals surface area contributed by atoms with Gasteiger partial charge in [-0.15, -0.1) is 0 Å². The summed E-state index contributed by atoms with van der Waals surface area (Å²) >= 11 is 0. The molecule has 2 rings (SSSR count). The van der Waals surface area contributed by atoms with Crippen LogP contribution in [0, 0.1) is 11.3 Å². The Morgan fingerprint density at radius 2 is 1.90 bits per heavy atom. The third kappa shape index (κ3) is 4.77. The third-order valence-corrected chi connectivity index (χ3v) is 2.79. The second kappa shape index (κ2) is 7.25. The maximum Gasteiger partial charge on any atom is 0.272 e. The van der Waals surface area contributed by atoms with Gasteiger partial charge in [0.25, 0.3) is 6.43 Å². The average molecular weight is 288 g/mol. The minimum Gasteiger partial charge on any atom is -0.488 e. The summed E-state index contributed by atoms with van der Waals surface area (Å²) in [5.41, 5.74) is 2.40. The van der Waals surface area contributed by atoms with Crippen molar-refractivity contribution in [3.63, 3.8) is 0 Å². The summed E-state index contributed by atoms with van der Waals surface area (Å²) in [5.74, 6) is 0.425. The highest BCUT2D eigenvalue weighted by Gasteiger charge is 2.04. The molecule has 108 valence electrons. The Morgan fingerprint density at radius 1 is 1.14 bits per heavy atom. The van der Waals surface area contributed by atoms with Crippen LogP contribution in [0.25, 0.3) is 0 Å². The Morgan fingerprint density at radius 3 is 2.57 bits per heavy atom. The molecule has 0 aliphatic carbocycles. The number of halogens is 2. The lowest BCUT2D eigenvalue weighted by atomic mass is 10.2. The van der Waals surface area contributed by atoms with Crippen LogP contribution < -0.4 is 10.1 Å². The second-order valence-corrected chi connectivity index (χ2v) is 4.39. The molecule has 0 spiro atoms. The van der Waals surface area contributed by atoms with Crippen molar-refractivity contribution in [1.29, 1.82) is 5.26 Å². The average Bonchev–Trinajstić information content (AvgIpc) is 2.52. The predicted octanol–water partition coefficient (Wildman–Crippen LogP) is 3.81. The summed E-state index contributed by atoms with van der Waals surface area (Å²) in [6, 6.07) is 16.1. The van der Waals surface area contributed by atoms with Crippen LogP contribution in [-0.4, -0.2) is 13.0 Å². The van der Waals surface area contributed by atoms with Gasteiger partial charge in [0.05, 0.1) is 11.6 Å². The normalized spacial score (nSPS) is 10.2. The number of hydrogen-bond donors (Lipinski definition) is 1. The SMILES string of the molecule is N#Cc1ccc(NCc2cccc(OCC(F)F)c2)cc1. The highest BCUT2D eigenvalue weighted by molar-refractivity contribution is 5.47. The molecular weight excluding hydrogens is 274 g/mol. The van der Waals surface area contributed by atoms with Gasteiger partial charge in [-0.1, -0.05) is 12.1 Å². The van der Waals surface area contributed by atoms with E-state index in [2.05, 4.69) is 11.4 Å². The quantitative estimate of drug-likeness (QED) is 0.879. The van der Waals surface area contributed by atoms with Gasteiger partial charge in [-0.3, -0.25) is 0 Å². The van der Waals surface area contributed by atoms with E-state index in [4.69, 9.17) is 10.00 Å². The molecule has 1 N–H and O–H groups in total. The van der Waals surface area contributed by atoms with Crippen molar-refractivity contribution >= 4 is 5.69 Å². The Balaban J connectivity index is 1.93. The van der Waals surface area contributed by atoms with Crippen LogP contribution in [0.5, 0.6) is 5.75 Å². The van der Waals surface area contributed by atoms with E-state index < -0.39 is 13.0 Å². The smallest absolute Gasteiger partial charge is 0.272 e. The molecule has 0 saturated carbocycles. The van der Waals surface area contributed by atoms with Crippen LogP contribution in [-0.2, 0) is 6.54 Å². The highest BCUT2D eigenvalue weighted by atomic mass is 19.3. The van der Waals surface area contributed by atoms with Crippen molar-refractivity contribution in [3.8, 4) is 11.8 Å². The molecule has 0 aromatic heterocycles. The summed E-state index contributed by atoms with van der Waals surface area (Å²) in [4.78, 5) is 0. The first kappa shape index (κ1) is 14.8. The first-order chi connectivity index (χ1) is 10.2. The van der Waals surface area contributed by atoms with Gasteiger partial charge in [0, 0.05) is 12.2 Å². The van der Waals surface area contributed by atoms with E-state index in [0.717, 1.165) is 11.3 Å². The minimum absolute atomic E-state index is 0.425. The van der Waals surface area contributed by atoms with Crippen molar-refractivity contribution in [2.75, 3.05) is 11.9 Å². The van der Waals surface area contributed by atoms with Gasteiger partial charge < -0.3 is 10.1 Å². The summed E-state index contributed by atoms with van der Waals surface area (Å²) in [6.45, 7) is -0.0652. The molecule has 0 amide bonds. The number of anilines is 1. The summed E-state index contributed by atoms with van der Waals surface area (Å²) in [5, 5.41) is 11.9. The predicted molar refractivity (Wildman–Crippen MR) is 76.4 cm³/mol. The largest absolute Gasteiger partial charge is 0.488 e. The fourth-order valence-corrected chi connectivity index (χ4v) is 1.77. The molecule has 21 heavy (non-hydrogen) atoms. The van der Waals surface area contributed by atoms with Crippen LogP contribution in [0.15, 0.2) is 48.5 Å². The standard InChI is InChI=1S/C16H14F2N2O/c17-16(18)11-21-15-3-1-2-13(8-15)10-20-14-6-4-12(9-19)5-7-14/h1-8,16,20H,10-11H2. The Bertz CT molecular complexity index is 621. The van der Waals surface area contributed by atoms with E-state index in [1.165, 1.54) is 0 Å². The van der Waals surface area contributed by atoms with Crippen LogP contribution in [0.4, 0.5) is 14.5 Å². The lowest BCUT2D eigenvalue weighted by molar-refractivity contribution is 0.0818. The fraction of sp³-hybridized carbons (Fsp3) is 0.188. The molecule has 0 fully saturated rings. The first-order valence-corrected chi connectivity index (χ1v) is 6.41. The summed E-state index contributed by atoms with van der Waals surface area (Å²) in [6.07, 6.45) is -2.48. The number of nitriles is 1. The maximum atomic E-state index is 12.1. The molecule has 0 unspecified atom stereocenters. The van der Waals surface area contributed by atoms with E-state index in [1.807, 2.05) is 18.2 Å². The second-order valence-electron chi connectivity index (χ2n) is 4.39. The number of nitrogens with zero attached hydrogens (tertiary/aromatic N) is 1. The van der Waals surface area contributed by atoms with E-state index in [0.29, 0.717) is 17.9 Å². The third-order valence-electron chi connectivity index (χ3n) is 2.79. The fourth-order valence-electron chi connectivity index (χ4n) is 1.77. The van der Waals surface area contributed by atoms with Gasteiger partial charge in [0.15, 0.2) is 0 Å². The van der Waals surface area contributed by atoms with E-state index in [9.17, 15) is 8.78 Å². The maximum absolute atomic E-state index is 12.1. The van der Waals surface area contributed by atoms with Gasteiger partial charge >= 0.3 is 0 Å². The van der Waals surface area contributed by atoms with Gasteiger partial charge in [-0.25, -0.2) is 8.78 Å². The molecule has 0 radical (unpaired) electrons. The van der Waals surface area contributed by atoms with Crippen LogP contribution in [0.1, 0.15) is 11.1 Å². The van der Waals surface area contributed by atoms with Gasteiger partial charge in [0.2, 0.25) is 0 Å². The van der Waals surface area contributed by atoms with Crippen molar-refractivity contribution in [3.05, 3.63) is 59.7 Å². The van der Waals surface area contributed by atoms with Crippen LogP contribution in [0.3, 0.4) is 0 Å². The number of ether oxygens (including phenoxy) is 1. The number of rotatable bonds is 6. The Hall–Kier alpha value is -2.61. The number of nitrogens with one attached hydrogen (secondary N) is 1. The molecule has 5 heteroatoms. The minimum atomic E-state index is -2.48. The lowest BCUT2D eigenvalue weighted by Crippen LogP contribution is -2.07. The lowest BCUT2D eigenvalue weighted by Gasteiger charge is -2.09. The number of hydrogen-bond acceptors (Lipinski definition) is 3. The van der Waals surface area contributed by atoms with Gasteiger partial charge in [0.1, 0.15) is 12.4 Å². The topological polar surface area (TPSA) is 45.0 Å². The molecule has 3 nitrogen and oxygen atoms in total. The van der Waals surface area contributed by atoms with Crippen LogP contribution >= 0.6 is 0 Å². The molecule has 0 aliphatic heterocycles. The molecule has 0 atom stereocenters. The van der Waals surface area contributed by atoms with E-state index in [1.54, 1.807) is 30.3 Å². The molecule has 2 aromatic carbocycles. The Labute approximate surface area is 121 Å². The van der Waals surface area contributed by atoms with E-state index >= 15 is 0 Å². The zero-order chi connectivity index (χ0) is 15.1. The van der Waals surface area contributed by atoms with Crippen molar-refractivity contribution in [1.82, 2.24) is 0 Å². The number of benzene rings is 2. The molecule has 0 bridgehead atoms. The Kier molecular flexibility index (Phi) is 5.10. The number of alkyl halides is 2.